The van der Waals surface area contributed by atoms with Gasteiger partial charge in [-0.05, 0) is 48.9 Å². The Balaban J connectivity index is 2.36. The Labute approximate surface area is 125 Å². The lowest BCUT2D eigenvalue weighted by atomic mass is 10.2. The van der Waals surface area contributed by atoms with Gasteiger partial charge in [0.25, 0.3) is 10.0 Å². The third-order valence-electron chi connectivity index (χ3n) is 2.99. The molecule has 0 aliphatic carbocycles. The number of alkyl halides is 3. The summed E-state index contributed by atoms with van der Waals surface area (Å²) in [6.45, 7) is 1.69. The molecule has 2 rings (SSSR count). The highest BCUT2D eigenvalue weighted by Crippen LogP contribution is 2.31. The molecule has 0 aliphatic heterocycles. The van der Waals surface area contributed by atoms with Gasteiger partial charge in [-0.25, -0.2) is 8.42 Å². The Bertz CT molecular complexity index is 802. The molecule has 0 fully saturated rings. The van der Waals surface area contributed by atoms with E-state index in [-0.39, 0.29) is 5.69 Å². The second-order valence-corrected chi connectivity index (χ2v) is 6.38. The SMILES string of the molecule is Cc1cc(NS(=O)(=O)c2cccc(C(F)(F)F)c2)ccc1N. The molecular formula is C14H13F3N2O2S. The molecule has 0 aliphatic rings. The van der Waals surface area contributed by atoms with Crippen molar-refractivity contribution in [3.8, 4) is 0 Å². The molecule has 0 saturated heterocycles. The van der Waals surface area contributed by atoms with Gasteiger partial charge in [0, 0.05) is 11.4 Å². The number of hydrogen-bond acceptors (Lipinski definition) is 3. The van der Waals surface area contributed by atoms with Crippen molar-refractivity contribution in [1.29, 1.82) is 0 Å². The first kappa shape index (κ1) is 16.2. The minimum Gasteiger partial charge on any atom is -0.399 e. The fraction of sp³-hybridized carbons (Fsp3) is 0.143. The van der Waals surface area contributed by atoms with E-state index in [1.807, 2.05) is 0 Å². The summed E-state index contributed by atoms with van der Waals surface area (Å²) in [7, 11) is -4.12. The van der Waals surface area contributed by atoms with Crippen LogP contribution in [0.2, 0.25) is 0 Å². The third kappa shape index (κ3) is 3.51. The number of nitrogens with two attached hydrogens (primary N) is 1. The van der Waals surface area contributed by atoms with E-state index in [0.29, 0.717) is 17.3 Å². The molecular weight excluding hydrogens is 317 g/mol. The van der Waals surface area contributed by atoms with E-state index in [2.05, 4.69) is 4.72 Å². The van der Waals surface area contributed by atoms with E-state index in [1.54, 1.807) is 6.92 Å². The summed E-state index contributed by atoms with van der Waals surface area (Å²) in [4.78, 5) is -0.461. The van der Waals surface area contributed by atoms with Crippen LogP contribution in [0.4, 0.5) is 24.5 Å². The largest absolute Gasteiger partial charge is 0.416 e. The summed E-state index contributed by atoms with van der Waals surface area (Å²) in [6.07, 6.45) is -4.61. The lowest BCUT2D eigenvalue weighted by Crippen LogP contribution is -2.14. The van der Waals surface area contributed by atoms with Crippen LogP contribution in [-0.2, 0) is 16.2 Å². The lowest BCUT2D eigenvalue weighted by molar-refractivity contribution is -0.137. The van der Waals surface area contributed by atoms with Crippen LogP contribution in [0.25, 0.3) is 0 Å². The van der Waals surface area contributed by atoms with Crippen molar-refractivity contribution in [2.45, 2.75) is 18.0 Å². The summed E-state index contributed by atoms with van der Waals surface area (Å²) in [6, 6.07) is 8.00. The van der Waals surface area contributed by atoms with Crippen molar-refractivity contribution in [1.82, 2.24) is 0 Å². The number of hydrogen-bond donors (Lipinski definition) is 2. The molecule has 4 nitrogen and oxygen atoms in total. The number of sulfonamides is 1. The number of anilines is 2. The smallest absolute Gasteiger partial charge is 0.399 e. The molecule has 0 bridgehead atoms. The van der Waals surface area contributed by atoms with E-state index in [1.165, 1.54) is 18.2 Å². The summed E-state index contributed by atoms with van der Waals surface area (Å²) in [5.41, 5.74) is 5.98. The summed E-state index contributed by atoms with van der Waals surface area (Å²) in [5, 5.41) is 0. The van der Waals surface area contributed by atoms with Crippen molar-refractivity contribution >= 4 is 21.4 Å². The van der Waals surface area contributed by atoms with Crippen LogP contribution < -0.4 is 10.5 Å². The van der Waals surface area contributed by atoms with Crippen LogP contribution in [0.15, 0.2) is 47.4 Å². The maximum atomic E-state index is 12.7. The zero-order valence-electron chi connectivity index (χ0n) is 11.5. The first-order valence-electron chi connectivity index (χ1n) is 6.16. The molecule has 0 unspecified atom stereocenters. The number of benzene rings is 2. The van der Waals surface area contributed by atoms with Gasteiger partial charge in [-0.15, -0.1) is 0 Å². The Kier molecular flexibility index (Phi) is 4.06. The number of halogens is 3. The quantitative estimate of drug-likeness (QED) is 0.847. The molecule has 0 radical (unpaired) electrons. The van der Waals surface area contributed by atoms with Crippen molar-refractivity contribution in [2.75, 3.05) is 10.5 Å². The van der Waals surface area contributed by atoms with Crippen molar-refractivity contribution in [3.63, 3.8) is 0 Å². The molecule has 118 valence electrons. The van der Waals surface area contributed by atoms with Crippen LogP contribution >= 0.6 is 0 Å². The highest BCUT2D eigenvalue weighted by atomic mass is 32.2. The fourth-order valence-electron chi connectivity index (χ4n) is 1.79. The van der Waals surface area contributed by atoms with Gasteiger partial charge >= 0.3 is 6.18 Å². The van der Waals surface area contributed by atoms with Crippen LogP contribution in [0, 0.1) is 6.92 Å². The van der Waals surface area contributed by atoms with Gasteiger partial charge in [0.15, 0.2) is 0 Å². The second-order valence-electron chi connectivity index (χ2n) is 4.70. The number of nitrogens with one attached hydrogen (secondary N) is 1. The molecule has 0 spiro atoms. The van der Waals surface area contributed by atoms with E-state index in [9.17, 15) is 21.6 Å². The molecule has 0 saturated carbocycles. The topological polar surface area (TPSA) is 72.2 Å². The predicted octanol–water partition coefficient (Wildman–Crippen LogP) is 3.40. The number of nitrogen functional groups attached to an aromatic ring is 1. The molecule has 2 aromatic rings. The lowest BCUT2D eigenvalue weighted by Gasteiger charge is -2.12. The zero-order valence-corrected chi connectivity index (χ0v) is 12.3. The van der Waals surface area contributed by atoms with E-state index in [4.69, 9.17) is 5.73 Å². The average molecular weight is 330 g/mol. The molecule has 3 N–H and O–H groups in total. The standard InChI is InChI=1S/C14H13F3N2O2S/c1-9-7-11(5-6-13(9)18)19-22(20,21)12-4-2-3-10(8-12)14(15,16)17/h2-8,19H,18H2,1H3. The van der Waals surface area contributed by atoms with Crippen molar-refractivity contribution in [2.24, 2.45) is 0 Å². The molecule has 0 heterocycles. The second kappa shape index (κ2) is 5.53. The molecule has 0 aromatic heterocycles. The molecule has 22 heavy (non-hydrogen) atoms. The number of aryl methyl sites for hydroxylation is 1. The number of rotatable bonds is 3. The van der Waals surface area contributed by atoms with Crippen LogP contribution in [0.1, 0.15) is 11.1 Å². The van der Waals surface area contributed by atoms with Crippen LogP contribution in [0.5, 0.6) is 0 Å². The van der Waals surface area contributed by atoms with Gasteiger partial charge in [0.2, 0.25) is 0 Å². The molecule has 8 heteroatoms. The predicted molar refractivity (Wildman–Crippen MR) is 77.8 cm³/mol. The molecule has 0 amide bonds. The van der Waals surface area contributed by atoms with Crippen LogP contribution in [-0.4, -0.2) is 8.42 Å². The highest BCUT2D eigenvalue weighted by Gasteiger charge is 2.31. The van der Waals surface area contributed by atoms with Crippen molar-refractivity contribution in [3.05, 3.63) is 53.6 Å². The summed E-state index contributed by atoms with van der Waals surface area (Å²) in [5.74, 6) is 0. The van der Waals surface area contributed by atoms with Gasteiger partial charge in [0.05, 0.1) is 10.5 Å². The van der Waals surface area contributed by atoms with Gasteiger partial charge in [-0.3, -0.25) is 4.72 Å². The maximum Gasteiger partial charge on any atom is 0.416 e. The minimum atomic E-state index is -4.61. The Hall–Kier alpha value is -2.22. The van der Waals surface area contributed by atoms with Gasteiger partial charge < -0.3 is 5.73 Å². The molecule has 2 aromatic carbocycles. The Morgan fingerprint density at radius 3 is 2.36 bits per heavy atom. The first-order chi connectivity index (χ1) is 10.1. The third-order valence-corrected chi connectivity index (χ3v) is 4.37. The van der Waals surface area contributed by atoms with Crippen molar-refractivity contribution < 1.29 is 21.6 Å². The molecule has 0 atom stereocenters. The minimum absolute atomic E-state index is 0.226. The van der Waals surface area contributed by atoms with Gasteiger partial charge in [0.1, 0.15) is 0 Å². The first-order valence-corrected chi connectivity index (χ1v) is 7.64. The maximum absolute atomic E-state index is 12.7. The highest BCUT2D eigenvalue weighted by molar-refractivity contribution is 7.92. The Morgan fingerprint density at radius 1 is 1.09 bits per heavy atom. The Morgan fingerprint density at radius 2 is 1.77 bits per heavy atom. The fourth-order valence-corrected chi connectivity index (χ4v) is 2.89. The van der Waals surface area contributed by atoms with Gasteiger partial charge in [-0.2, -0.15) is 13.2 Å². The summed E-state index contributed by atoms with van der Waals surface area (Å²) < 4.78 is 64.5. The zero-order chi connectivity index (χ0) is 16.5. The average Bonchev–Trinajstić information content (AvgIpc) is 2.42. The van der Waals surface area contributed by atoms with E-state index < -0.39 is 26.7 Å². The van der Waals surface area contributed by atoms with Crippen LogP contribution in [0.3, 0.4) is 0 Å². The van der Waals surface area contributed by atoms with E-state index in [0.717, 1.165) is 18.2 Å². The monoisotopic (exact) mass is 330 g/mol. The normalized spacial score (nSPS) is 12.2. The van der Waals surface area contributed by atoms with Gasteiger partial charge in [-0.1, -0.05) is 6.07 Å². The van der Waals surface area contributed by atoms with E-state index >= 15 is 0 Å². The summed E-state index contributed by atoms with van der Waals surface area (Å²) >= 11 is 0.